The van der Waals surface area contributed by atoms with Crippen LogP contribution in [-0.4, -0.2) is 20.3 Å². The second-order valence-corrected chi connectivity index (χ2v) is 4.27. The van der Waals surface area contributed by atoms with Crippen molar-refractivity contribution >= 4 is 11.0 Å². The summed E-state index contributed by atoms with van der Waals surface area (Å²) in [6.07, 6.45) is 1.02. The van der Waals surface area contributed by atoms with Crippen LogP contribution in [0.4, 0.5) is 4.39 Å². The summed E-state index contributed by atoms with van der Waals surface area (Å²) in [7, 11) is 1.64. The molecule has 0 saturated carbocycles. The van der Waals surface area contributed by atoms with Crippen LogP contribution in [-0.2, 0) is 4.74 Å². The zero-order chi connectivity index (χ0) is 13.0. The zero-order valence-electron chi connectivity index (χ0n) is 10.7. The van der Waals surface area contributed by atoms with Crippen molar-refractivity contribution in [3.8, 4) is 0 Å². The topological polar surface area (TPSA) is 34.4 Å². The van der Waals surface area contributed by atoms with Gasteiger partial charge in [-0.3, -0.25) is 0 Å². The smallest absolute Gasteiger partial charge is 0.169 e. The molecule has 0 fully saturated rings. The first-order valence-electron chi connectivity index (χ1n) is 6.16. The van der Waals surface area contributed by atoms with E-state index in [9.17, 15) is 4.39 Å². The predicted molar refractivity (Wildman–Crippen MR) is 69.1 cm³/mol. The second kappa shape index (κ2) is 5.98. The number of halogens is 1. The van der Waals surface area contributed by atoms with E-state index >= 15 is 0 Å². The van der Waals surface area contributed by atoms with Crippen LogP contribution in [0.1, 0.15) is 25.1 Å². The van der Waals surface area contributed by atoms with Gasteiger partial charge in [0, 0.05) is 12.5 Å². The van der Waals surface area contributed by atoms with Gasteiger partial charge in [0.15, 0.2) is 11.4 Å². The van der Waals surface area contributed by atoms with E-state index in [0.29, 0.717) is 18.0 Å². The van der Waals surface area contributed by atoms with E-state index in [-0.39, 0.29) is 11.9 Å². The quantitative estimate of drug-likeness (QED) is 0.855. The number of hydrogen-bond acceptors (Lipinski definition) is 3. The summed E-state index contributed by atoms with van der Waals surface area (Å²) in [4.78, 5) is 0. The van der Waals surface area contributed by atoms with E-state index in [4.69, 9.17) is 9.15 Å². The molecular weight excluding hydrogens is 233 g/mol. The lowest BCUT2D eigenvalue weighted by atomic mass is 10.2. The Bertz CT molecular complexity index is 509. The minimum Gasteiger partial charge on any atom is -0.456 e. The molecule has 0 bridgehead atoms. The standard InChI is InChI=1S/C14H18FNO2/c1-3-7-16-12(9-17-2)13-8-10-5-4-6-11(15)14(10)18-13/h4-6,8,12,16H,3,7,9H2,1-2H3. The Labute approximate surface area is 106 Å². The number of hydrogen-bond donors (Lipinski definition) is 1. The van der Waals surface area contributed by atoms with Crippen molar-refractivity contribution < 1.29 is 13.5 Å². The van der Waals surface area contributed by atoms with Crippen LogP contribution in [0.5, 0.6) is 0 Å². The fraction of sp³-hybridized carbons (Fsp3) is 0.429. The first-order valence-corrected chi connectivity index (χ1v) is 6.16. The first kappa shape index (κ1) is 13.1. The molecule has 0 aliphatic rings. The third kappa shape index (κ3) is 2.71. The van der Waals surface area contributed by atoms with Crippen LogP contribution in [0.2, 0.25) is 0 Å². The van der Waals surface area contributed by atoms with Crippen molar-refractivity contribution in [2.75, 3.05) is 20.3 Å². The molecule has 1 heterocycles. The Balaban J connectivity index is 2.29. The molecule has 0 aliphatic heterocycles. The number of methoxy groups -OCH3 is 1. The van der Waals surface area contributed by atoms with Crippen molar-refractivity contribution in [2.45, 2.75) is 19.4 Å². The molecule has 1 aromatic carbocycles. The molecule has 1 atom stereocenters. The third-order valence-corrected chi connectivity index (χ3v) is 2.83. The van der Waals surface area contributed by atoms with Gasteiger partial charge in [-0.2, -0.15) is 0 Å². The van der Waals surface area contributed by atoms with Crippen LogP contribution < -0.4 is 5.32 Å². The van der Waals surface area contributed by atoms with Crippen molar-refractivity contribution in [1.29, 1.82) is 0 Å². The predicted octanol–water partition coefficient (Wildman–Crippen LogP) is 3.26. The second-order valence-electron chi connectivity index (χ2n) is 4.27. The Morgan fingerprint density at radius 1 is 1.44 bits per heavy atom. The molecule has 0 amide bonds. The van der Waals surface area contributed by atoms with Crippen LogP contribution in [0.15, 0.2) is 28.7 Å². The van der Waals surface area contributed by atoms with Gasteiger partial charge in [0.05, 0.1) is 12.6 Å². The van der Waals surface area contributed by atoms with Gasteiger partial charge in [-0.25, -0.2) is 4.39 Å². The maximum Gasteiger partial charge on any atom is 0.169 e. The van der Waals surface area contributed by atoms with Crippen molar-refractivity contribution in [1.82, 2.24) is 5.32 Å². The van der Waals surface area contributed by atoms with Gasteiger partial charge in [-0.15, -0.1) is 0 Å². The molecule has 2 aromatic rings. The molecule has 2 rings (SSSR count). The lowest BCUT2D eigenvalue weighted by molar-refractivity contribution is 0.158. The maximum absolute atomic E-state index is 13.6. The SMILES string of the molecule is CCCNC(COC)c1cc2cccc(F)c2o1. The Kier molecular flexibility index (Phi) is 4.33. The maximum atomic E-state index is 13.6. The van der Waals surface area contributed by atoms with E-state index in [0.717, 1.165) is 18.4 Å². The summed E-state index contributed by atoms with van der Waals surface area (Å²) in [5, 5.41) is 4.11. The fourth-order valence-corrected chi connectivity index (χ4v) is 1.95. The third-order valence-electron chi connectivity index (χ3n) is 2.83. The van der Waals surface area contributed by atoms with E-state index in [2.05, 4.69) is 12.2 Å². The van der Waals surface area contributed by atoms with Crippen molar-refractivity contribution in [2.24, 2.45) is 0 Å². The largest absolute Gasteiger partial charge is 0.456 e. The molecule has 1 unspecified atom stereocenters. The first-order chi connectivity index (χ1) is 8.76. The highest BCUT2D eigenvalue weighted by molar-refractivity contribution is 5.78. The molecule has 98 valence electrons. The molecule has 0 aliphatic carbocycles. The minimum absolute atomic E-state index is 0.0400. The summed E-state index contributed by atoms with van der Waals surface area (Å²) in [6, 6.07) is 6.75. The van der Waals surface area contributed by atoms with Crippen molar-refractivity contribution in [3.05, 3.63) is 35.8 Å². The van der Waals surface area contributed by atoms with Gasteiger partial charge < -0.3 is 14.5 Å². The van der Waals surface area contributed by atoms with Gasteiger partial charge in [0.1, 0.15) is 5.76 Å². The Hall–Kier alpha value is -1.39. The zero-order valence-corrected chi connectivity index (χ0v) is 10.7. The van der Waals surface area contributed by atoms with Gasteiger partial charge in [0.25, 0.3) is 0 Å². The van der Waals surface area contributed by atoms with Gasteiger partial charge in [-0.05, 0) is 25.1 Å². The number of fused-ring (bicyclic) bond motifs is 1. The summed E-state index contributed by atoms with van der Waals surface area (Å²) < 4.78 is 24.3. The van der Waals surface area contributed by atoms with Gasteiger partial charge in [-0.1, -0.05) is 19.1 Å². The molecule has 0 spiro atoms. The molecule has 4 heteroatoms. The van der Waals surface area contributed by atoms with Crippen LogP contribution in [0.3, 0.4) is 0 Å². The van der Waals surface area contributed by atoms with Crippen LogP contribution in [0.25, 0.3) is 11.0 Å². The number of furan rings is 1. The Morgan fingerprint density at radius 2 is 2.28 bits per heavy atom. The highest BCUT2D eigenvalue weighted by Crippen LogP contribution is 2.26. The molecule has 1 N–H and O–H groups in total. The normalized spacial score (nSPS) is 13.1. The Morgan fingerprint density at radius 3 is 2.94 bits per heavy atom. The summed E-state index contributed by atoms with van der Waals surface area (Å²) in [5.74, 6) is 0.385. The van der Waals surface area contributed by atoms with Gasteiger partial charge in [0.2, 0.25) is 0 Å². The van der Waals surface area contributed by atoms with E-state index in [1.165, 1.54) is 6.07 Å². The summed E-state index contributed by atoms with van der Waals surface area (Å²) in [6.45, 7) is 3.46. The number of benzene rings is 1. The molecule has 0 saturated heterocycles. The average Bonchev–Trinajstić information content (AvgIpc) is 2.80. The lowest BCUT2D eigenvalue weighted by Gasteiger charge is -2.14. The lowest BCUT2D eigenvalue weighted by Crippen LogP contribution is -2.25. The van der Waals surface area contributed by atoms with E-state index in [1.807, 2.05) is 12.1 Å². The van der Waals surface area contributed by atoms with Crippen molar-refractivity contribution in [3.63, 3.8) is 0 Å². The van der Waals surface area contributed by atoms with E-state index in [1.54, 1.807) is 13.2 Å². The number of ether oxygens (including phenoxy) is 1. The molecule has 0 radical (unpaired) electrons. The molecule has 1 aromatic heterocycles. The summed E-state index contributed by atoms with van der Waals surface area (Å²) >= 11 is 0. The summed E-state index contributed by atoms with van der Waals surface area (Å²) in [5.41, 5.74) is 0.312. The highest BCUT2D eigenvalue weighted by Gasteiger charge is 2.16. The molecule has 18 heavy (non-hydrogen) atoms. The number of rotatable bonds is 6. The van der Waals surface area contributed by atoms with Gasteiger partial charge >= 0.3 is 0 Å². The number of para-hydroxylation sites is 1. The van der Waals surface area contributed by atoms with Crippen LogP contribution >= 0.6 is 0 Å². The minimum atomic E-state index is -0.328. The molecular formula is C14H18FNO2. The van der Waals surface area contributed by atoms with E-state index < -0.39 is 0 Å². The molecule has 3 nitrogen and oxygen atoms in total. The monoisotopic (exact) mass is 251 g/mol. The highest BCUT2D eigenvalue weighted by atomic mass is 19.1. The van der Waals surface area contributed by atoms with Crippen LogP contribution in [0, 0.1) is 5.82 Å². The fourth-order valence-electron chi connectivity index (χ4n) is 1.95. The average molecular weight is 251 g/mol. The number of nitrogens with one attached hydrogen (secondary N) is 1.